The molecule has 1 aromatic heterocycles. The molecule has 0 bridgehead atoms. The first kappa shape index (κ1) is 7.08. The quantitative estimate of drug-likeness (QED) is 0.553. The first-order chi connectivity index (χ1) is 4.93. The van der Waals surface area contributed by atoms with E-state index in [9.17, 15) is 0 Å². The Bertz CT molecular complexity index is 162. The van der Waals surface area contributed by atoms with Gasteiger partial charge >= 0.3 is 0 Å². The van der Waals surface area contributed by atoms with Gasteiger partial charge in [-0.3, -0.25) is 0 Å². The highest BCUT2D eigenvalue weighted by atomic mass is 16.7. The highest BCUT2D eigenvalue weighted by Gasteiger charge is 1.87. The molecule has 0 aromatic carbocycles. The highest BCUT2D eigenvalue weighted by Crippen LogP contribution is 1.78. The van der Waals surface area contributed by atoms with Gasteiger partial charge in [-0.25, -0.2) is 0 Å². The summed E-state index contributed by atoms with van der Waals surface area (Å²) in [5, 5.41) is 3.83. The Kier molecular flexibility index (Phi) is 2.76. The zero-order chi connectivity index (χ0) is 7.23. The lowest BCUT2D eigenvalue weighted by atomic mass is 10.8. The Morgan fingerprint density at radius 3 is 3.00 bits per heavy atom. The normalized spacial score (nSPS) is 9.70. The van der Waals surface area contributed by atoms with Crippen molar-refractivity contribution in [3.05, 3.63) is 18.5 Å². The number of nitrogens with zero attached hydrogens (tertiary/aromatic N) is 2. The van der Waals surface area contributed by atoms with Crippen LogP contribution in [0.1, 0.15) is 0 Å². The van der Waals surface area contributed by atoms with Crippen LogP contribution >= 0.6 is 0 Å². The number of aromatic nitrogens is 2. The minimum Gasteiger partial charge on any atom is -0.394 e. The fourth-order valence-corrected chi connectivity index (χ4v) is 0.545. The lowest BCUT2D eigenvalue weighted by Gasteiger charge is -2.02. The fourth-order valence-electron chi connectivity index (χ4n) is 0.545. The molecule has 0 saturated heterocycles. The van der Waals surface area contributed by atoms with Gasteiger partial charge in [0.25, 0.3) is 0 Å². The summed E-state index contributed by atoms with van der Waals surface area (Å²) < 4.78 is 4.77. The zero-order valence-electron chi connectivity index (χ0n) is 5.86. The molecule has 0 N–H and O–H groups in total. The van der Waals surface area contributed by atoms with Crippen LogP contribution in [0, 0.1) is 0 Å². The fraction of sp³-hybridized carbons (Fsp3) is 0.500. The van der Waals surface area contributed by atoms with Crippen molar-refractivity contribution in [3.8, 4) is 0 Å². The topological polar surface area (TPSA) is 36.3 Å². The van der Waals surface area contributed by atoms with Crippen molar-refractivity contribution in [2.24, 2.45) is 0 Å². The molecule has 4 nitrogen and oxygen atoms in total. The van der Waals surface area contributed by atoms with Gasteiger partial charge in [-0.05, 0) is 6.07 Å². The molecular formula is C6H10N2O2. The van der Waals surface area contributed by atoms with E-state index in [1.165, 1.54) is 4.85 Å². The number of ether oxygens (including phenoxy) is 1. The first-order valence-electron chi connectivity index (χ1n) is 3.05. The predicted octanol–water partition coefficient (Wildman–Crippen LogP) is -0.0419. The van der Waals surface area contributed by atoms with E-state index in [1.807, 2.05) is 0 Å². The lowest BCUT2D eigenvalue weighted by molar-refractivity contribution is 0.0397. The predicted molar refractivity (Wildman–Crippen MR) is 35.6 cm³/mol. The molecular weight excluding hydrogens is 132 g/mol. The first-order valence-corrected chi connectivity index (χ1v) is 3.05. The summed E-state index contributed by atoms with van der Waals surface area (Å²) in [4.78, 5) is 6.47. The van der Waals surface area contributed by atoms with Crippen molar-refractivity contribution in [1.29, 1.82) is 0 Å². The van der Waals surface area contributed by atoms with Gasteiger partial charge in [0, 0.05) is 7.11 Å². The Hall–Kier alpha value is -1.03. The summed E-state index contributed by atoms with van der Waals surface area (Å²) in [7, 11) is 1.63. The van der Waals surface area contributed by atoms with Crippen LogP contribution in [0.25, 0.3) is 0 Å². The van der Waals surface area contributed by atoms with E-state index in [0.717, 1.165) is 0 Å². The van der Waals surface area contributed by atoms with E-state index in [0.29, 0.717) is 13.2 Å². The maximum atomic E-state index is 5.07. The summed E-state index contributed by atoms with van der Waals surface area (Å²) >= 11 is 0. The van der Waals surface area contributed by atoms with E-state index in [2.05, 4.69) is 5.10 Å². The monoisotopic (exact) mass is 142 g/mol. The largest absolute Gasteiger partial charge is 0.394 e. The van der Waals surface area contributed by atoms with Crippen LogP contribution in [0.2, 0.25) is 0 Å². The molecule has 0 unspecified atom stereocenters. The van der Waals surface area contributed by atoms with E-state index < -0.39 is 0 Å². The summed E-state index contributed by atoms with van der Waals surface area (Å²) in [6.07, 6.45) is 3.39. The number of methoxy groups -OCH3 is 1. The second kappa shape index (κ2) is 3.90. The maximum absolute atomic E-state index is 5.07. The Morgan fingerprint density at radius 2 is 2.40 bits per heavy atom. The molecule has 4 heteroatoms. The van der Waals surface area contributed by atoms with Crippen LogP contribution in [-0.2, 0) is 4.74 Å². The number of rotatable bonds is 4. The molecule has 0 aliphatic carbocycles. The summed E-state index contributed by atoms with van der Waals surface area (Å²) in [6.45, 7) is 1.11. The summed E-state index contributed by atoms with van der Waals surface area (Å²) in [5.41, 5.74) is 0. The molecule has 0 atom stereocenters. The summed E-state index contributed by atoms with van der Waals surface area (Å²) in [6, 6.07) is 1.80. The van der Waals surface area contributed by atoms with Gasteiger partial charge in [-0.1, -0.05) is 0 Å². The van der Waals surface area contributed by atoms with E-state index in [1.54, 1.807) is 25.6 Å². The average Bonchev–Trinajstić information content (AvgIpc) is 2.41. The van der Waals surface area contributed by atoms with Crippen molar-refractivity contribution in [1.82, 2.24) is 9.94 Å². The average molecular weight is 142 g/mol. The number of hydrogen-bond acceptors (Lipinski definition) is 3. The van der Waals surface area contributed by atoms with Crippen molar-refractivity contribution in [2.45, 2.75) is 0 Å². The molecule has 0 spiro atoms. The molecule has 1 rings (SSSR count). The van der Waals surface area contributed by atoms with Crippen LogP contribution in [0.4, 0.5) is 0 Å². The van der Waals surface area contributed by atoms with Gasteiger partial charge < -0.3 is 9.57 Å². The van der Waals surface area contributed by atoms with Gasteiger partial charge in [-0.15, -0.1) is 9.94 Å². The minimum atomic E-state index is 0.526. The van der Waals surface area contributed by atoms with Crippen LogP contribution in [0.3, 0.4) is 0 Å². The van der Waals surface area contributed by atoms with Crippen LogP contribution in [-0.4, -0.2) is 30.3 Å². The Labute approximate surface area is 59.3 Å². The van der Waals surface area contributed by atoms with E-state index >= 15 is 0 Å². The Balaban J connectivity index is 2.15. The van der Waals surface area contributed by atoms with E-state index in [-0.39, 0.29) is 0 Å². The third kappa shape index (κ3) is 2.06. The maximum Gasteiger partial charge on any atom is 0.140 e. The van der Waals surface area contributed by atoms with Gasteiger partial charge in [0.2, 0.25) is 0 Å². The van der Waals surface area contributed by atoms with Crippen LogP contribution < -0.4 is 4.84 Å². The second-order valence-electron chi connectivity index (χ2n) is 1.73. The standard InChI is InChI=1S/C6H10N2O2/c1-9-5-6-10-8-4-2-3-7-8/h2-4H,5-6H2,1H3. The van der Waals surface area contributed by atoms with Gasteiger partial charge in [0.15, 0.2) is 0 Å². The SMILES string of the molecule is COCCOn1cccn1. The smallest absolute Gasteiger partial charge is 0.140 e. The Morgan fingerprint density at radius 1 is 1.50 bits per heavy atom. The van der Waals surface area contributed by atoms with Crippen LogP contribution in [0.5, 0.6) is 0 Å². The minimum absolute atomic E-state index is 0.526. The molecule has 10 heavy (non-hydrogen) atoms. The van der Waals surface area contributed by atoms with Crippen molar-refractivity contribution in [3.63, 3.8) is 0 Å². The van der Waals surface area contributed by atoms with Crippen molar-refractivity contribution < 1.29 is 9.57 Å². The van der Waals surface area contributed by atoms with Crippen molar-refractivity contribution >= 4 is 0 Å². The lowest BCUT2D eigenvalue weighted by Crippen LogP contribution is -2.16. The summed E-state index contributed by atoms with van der Waals surface area (Å²) in [5.74, 6) is 0. The molecule has 0 saturated carbocycles. The number of hydrogen-bond donors (Lipinski definition) is 0. The molecule has 1 aromatic rings. The molecule has 0 aliphatic heterocycles. The molecule has 0 amide bonds. The molecule has 0 aliphatic rings. The van der Waals surface area contributed by atoms with Crippen molar-refractivity contribution in [2.75, 3.05) is 20.3 Å². The third-order valence-electron chi connectivity index (χ3n) is 0.991. The highest BCUT2D eigenvalue weighted by molar-refractivity contribution is 4.74. The van der Waals surface area contributed by atoms with Gasteiger partial charge in [0.1, 0.15) is 6.61 Å². The third-order valence-corrected chi connectivity index (χ3v) is 0.991. The van der Waals surface area contributed by atoms with Crippen LogP contribution in [0.15, 0.2) is 18.5 Å². The van der Waals surface area contributed by atoms with Gasteiger partial charge in [-0.2, -0.15) is 0 Å². The molecule has 1 heterocycles. The molecule has 56 valence electrons. The van der Waals surface area contributed by atoms with Gasteiger partial charge in [0.05, 0.1) is 19.0 Å². The second-order valence-corrected chi connectivity index (χ2v) is 1.73. The zero-order valence-corrected chi connectivity index (χ0v) is 5.86. The molecule has 0 fully saturated rings. The van der Waals surface area contributed by atoms with E-state index in [4.69, 9.17) is 9.57 Å². The molecule has 0 radical (unpaired) electrons.